The summed E-state index contributed by atoms with van der Waals surface area (Å²) in [6.45, 7) is 1.35. The van der Waals surface area contributed by atoms with Crippen molar-refractivity contribution in [3.05, 3.63) is 24.3 Å². The van der Waals surface area contributed by atoms with Crippen LogP contribution in [0.4, 0.5) is 5.69 Å². The van der Waals surface area contributed by atoms with Gasteiger partial charge >= 0.3 is 0 Å². The molecule has 1 amide bonds. The number of anilines is 1. The Morgan fingerprint density at radius 1 is 1.32 bits per heavy atom. The van der Waals surface area contributed by atoms with Gasteiger partial charge in [0.05, 0.1) is 6.61 Å². The van der Waals surface area contributed by atoms with Gasteiger partial charge in [-0.2, -0.15) is 0 Å². The highest BCUT2D eigenvalue weighted by atomic mass is 35.5. The van der Waals surface area contributed by atoms with Crippen LogP contribution in [0.5, 0.6) is 5.75 Å². The van der Waals surface area contributed by atoms with E-state index in [1.165, 1.54) is 12.8 Å². The van der Waals surface area contributed by atoms with Crippen molar-refractivity contribution in [2.75, 3.05) is 18.5 Å². The van der Waals surface area contributed by atoms with Crippen molar-refractivity contribution in [3.63, 3.8) is 0 Å². The predicted molar refractivity (Wildman–Crippen MR) is 78.8 cm³/mol. The van der Waals surface area contributed by atoms with E-state index in [2.05, 4.69) is 5.32 Å². The fourth-order valence-corrected chi connectivity index (χ4v) is 1.62. The van der Waals surface area contributed by atoms with Crippen LogP contribution >= 0.6 is 12.4 Å². The molecule has 0 heterocycles. The highest BCUT2D eigenvalue weighted by molar-refractivity contribution is 5.90. The number of ether oxygens (including phenoxy) is 1. The van der Waals surface area contributed by atoms with Crippen LogP contribution in [0.2, 0.25) is 0 Å². The van der Waals surface area contributed by atoms with Gasteiger partial charge in [-0.1, -0.05) is 0 Å². The van der Waals surface area contributed by atoms with Gasteiger partial charge in [0.2, 0.25) is 5.91 Å². The Hall–Kier alpha value is -1.26. The zero-order valence-corrected chi connectivity index (χ0v) is 11.7. The number of nitrogens with one attached hydrogen (secondary N) is 1. The van der Waals surface area contributed by atoms with E-state index in [1.54, 1.807) is 0 Å². The maximum Gasteiger partial charge on any atom is 0.224 e. The van der Waals surface area contributed by atoms with Gasteiger partial charge in [-0.15, -0.1) is 12.4 Å². The van der Waals surface area contributed by atoms with Gasteiger partial charge in [-0.25, -0.2) is 0 Å². The van der Waals surface area contributed by atoms with Gasteiger partial charge in [0.15, 0.2) is 0 Å². The normalized spacial score (nSPS) is 13.5. The maximum absolute atomic E-state index is 11.5. The van der Waals surface area contributed by atoms with Crippen LogP contribution < -0.4 is 15.8 Å². The highest BCUT2D eigenvalue weighted by Gasteiger charge is 2.21. The Morgan fingerprint density at radius 2 is 2.00 bits per heavy atom. The standard InChI is InChI=1S/C14H20N2O2.ClH/c15-9-1-2-14(17)16-12-5-7-13(8-6-12)18-10-11-3-4-11;/h5-8,11H,1-4,9-10,15H2,(H,16,17);1H. The summed E-state index contributed by atoms with van der Waals surface area (Å²) in [6, 6.07) is 7.51. The van der Waals surface area contributed by atoms with Crippen molar-refractivity contribution in [2.24, 2.45) is 11.7 Å². The van der Waals surface area contributed by atoms with Crippen LogP contribution in [0.15, 0.2) is 24.3 Å². The quantitative estimate of drug-likeness (QED) is 0.809. The van der Waals surface area contributed by atoms with E-state index in [4.69, 9.17) is 10.5 Å². The van der Waals surface area contributed by atoms with Crippen molar-refractivity contribution in [3.8, 4) is 5.75 Å². The van der Waals surface area contributed by atoms with Crippen molar-refractivity contribution in [1.29, 1.82) is 0 Å². The van der Waals surface area contributed by atoms with Crippen LogP contribution in [0.1, 0.15) is 25.7 Å². The second-order valence-electron chi connectivity index (χ2n) is 4.72. The Balaban J connectivity index is 0.00000180. The summed E-state index contributed by atoms with van der Waals surface area (Å²) >= 11 is 0. The fourth-order valence-electron chi connectivity index (χ4n) is 1.62. The number of benzene rings is 1. The fraction of sp³-hybridized carbons (Fsp3) is 0.500. The van der Waals surface area contributed by atoms with Crippen LogP contribution in [0.3, 0.4) is 0 Å². The molecule has 0 atom stereocenters. The zero-order chi connectivity index (χ0) is 12.8. The Kier molecular flexibility index (Phi) is 6.67. The number of rotatable bonds is 7. The molecule has 0 spiro atoms. The minimum Gasteiger partial charge on any atom is -0.493 e. The minimum absolute atomic E-state index is 0. The number of carbonyl (C=O) groups is 1. The molecule has 0 radical (unpaired) electrons. The molecule has 19 heavy (non-hydrogen) atoms. The first-order valence-corrected chi connectivity index (χ1v) is 6.50. The van der Waals surface area contributed by atoms with E-state index < -0.39 is 0 Å². The van der Waals surface area contributed by atoms with Crippen LogP contribution in [0.25, 0.3) is 0 Å². The molecule has 1 fully saturated rings. The van der Waals surface area contributed by atoms with Crippen molar-refractivity contribution < 1.29 is 9.53 Å². The number of hydrogen-bond donors (Lipinski definition) is 2. The van der Waals surface area contributed by atoms with Crippen molar-refractivity contribution in [1.82, 2.24) is 0 Å². The first-order chi connectivity index (χ1) is 8.78. The Bertz CT molecular complexity index is 391. The summed E-state index contributed by atoms with van der Waals surface area (Å²) in [5, 5.41) is 2.83. The monoisotopic (exact) mass is 284 g/mol. The summed E-state index contributed by atoms with van der Waals surface area (Å²) in [7, 11) is 0. The molecular weight excluding hydrogens is 264 g/mol. The molecule has 1 aromatic rings. The smallest absolute Gasteiger partial charge is 0.224 e. The molecule has 4 nitrogen and oxygen atoms in total. The number of hydrogen-bond acceptors (Lipinski definition) is 3. The second kappa shape index (κ2) is 8.02. The molecule has 1 aromatic carbocycles. The van der Waals surface area contributed by atoms with Crippen LogP contribution in [0, 0.1) is 5.92 Å². The Labute approximate surface area is 120 Å². The molecule has 3 N–H and O–H groups in total. The largest absolute Gasteiger partial charge is 0.493 e. The molecule has 106 valence electrons. The lowest BCUT2D eigenvalue weighted by Crippen LogP contribution is -2.13. The summed E-state index contributed by atoms with van der Waals surface area (Å²) < 4.78 is 5.63. The second-order valence-corrected chi connectivity index (χ2v) is 4.72. The predicted octanol–water partition coefficient (Wildman–Crippen LogP) is 2.57. The lowest BCUT2D eigenvalue weighted by atomic mass is 10.2. The molecule has 2 rings (SSSR count). The first kappa shape index (κ1) is 15.8. The van der Waals surface area contributed by atoms with Crippen molar-refractivity contribution in [2.45, 2.75) is 25.7 Å². The SMILES string of the molecule is Cl.NCCCC(=O)Nc1ccc(OCC2CC2)cc1. The van der Waals surface area contributed by atoms with E-state index in [1.807, 2.05) is 24.3 Å². The first-order valence-electron chi connectivity index (χ1n) is 6.50. The average Bonchev–Trinajstić information content (AvgIpc) is 3.20. The average molecular weight is 285 g/mol. The number of carbonyl (C=O) groups excluding carboxylic acids is 1. The molecule has 0 bridgehead atoms. The summed E-state index contributed by atoms with van der Waals surface area (Å²) in [6.07, 6.45) is 3.76. The van der Waals surface area contributed by atoms with Crippen molar-refractivity contribution >= 4 is 24.0 Å². The van der Waals surface area contributed by atoms with Gasteiger partial charge in [-0.05, 0) is 56.0 Å². The lowest BCUT2D eigenvalue weighted by molar-refractivity contribution is -0.116. The summed E-state index contributed by atoms with van der Waals surface area (Å²) in [5.74, 6) is 1.62. The van der Waals surface area contributed by atoms with E-state index in [0.717, 1.165) is 24.0 Å². The molecular formula is C14H21ClN2O2. The van der Waals surface area contributed by atoms with Crippen LogP contribution in [-0.4, -0.2) is 19.1 Å². The lowest BCUT2D eigenvalue weighted by Gasteiger charge is -2.07. The van der Waals surface area contributed by atoms with Crippen LogP contribution in [-0.2, 0) is 4.79 Å². The molecule has 1 saturated carbocycles. The molecule has 5 heteroatoms. The molecule has 0 aliphatic heterocycles. The summed E-state index contributed by atoms with van der Waals surface area (Å²) in [4.78, 5) is 11.5. The van der Waals surface area contributed by atoms with E-state index in [-0.39, 0.29) is 18.3 Å². The number of amides is 1. The minimum atomic E-state index is 0. The molecule has 1 aliphatic carbocycles. The maximum atomic E-state index is 11.5. The van der Waals surface area contributed by atoms with Gasteiger partial charge in [0.1, 0.15) is 5.75 Å². The number of nitrogens with two attached hydrogens (primary N) is 1. The molecule has 1 aliphatic rings. The van der Waals surface area contributed by atoms with E-state index in [0.29, 0.717) is 19.4 Å². The third kappa shape index (κ3) is 5.94. The molecule has 0 aromatic heterocycles. The van der Waals surface area contributed by atoms with E-state index in [9.17, 15) is 4.79 Å². The highest BCUT2D eigenvalue weighted by Crippen LogP contribution is 2.29. The third-order valence-corrected chi connectivity index (χ3v) is 2.93. The van der Waals surface area contributed by atoms with Gasteiger partial charge in [0, 0.05) is 12.1 Å². The zero-order valence-electron chi connectivity index (χ0n) is 10.9. The third-order valence-electron chi connectivity index (χ3n) is 2.93. The number of halogens is 1. The molecule has 0 saturated heterocycles. The summed E-state index contributed by atoms with van der Waals surface area (Å²) in [5.41, 5.74) is 6.16. The van der Waals surface area contributed by atoms with Gasteiger partial charge in [0.25, 0.3) is 0 Å². The Morgan fingerprint density at radius 3 is 2.58 bits per heavy atom. The van der Waals surface area contributed by atoms with Gasteiger partial charge < -0.3 is 15.8 Å². The molecule has 0 unspecified atom stereocenters. The van der Waals surface area contributed by atoms with Gasteiger partial charge in [-0.3, -0.25) is 4.79 Å². The topological polar surface area (TPSA) is 64.4 Å². The van der Waals surface area contributed by atoms with E-state index >= 15 is 0 Å².